The van der Waals surface area contributed by atoms with E-state index < -0.39 is 0 Å². The molecule has 0 aliphatic heterocycles. The lowest BCUT2D eigenvalue weighted by atomic mass is 10.1. The van der Waals surface area contributed by atoms with Gasteiger partial charge in [-0.15, -0.1) is 0 Å². The minimum absolute atomic E-state index is 0.0915. The Hall–Kier alpha value is -1.57. The van der Waals surface area contributed by atoms with Crippen LogP contribution in [0.5, 0.6) is 0 Å². The molecule has 0 amide bonds. The maximum absolute atomic E-state index is 11.3. The number of aryl methyl sites for hydroxylation is 1. The van der Waals surface area contributed by atoms with E-state index in [-0.39, 0.29) is 5.78 Å². The zero-order valence-corrected chi connectivity index (χ0v) is 8.36. The average Bonchev–Trinajstić information content (AvgIpc) is 2.15. The van der Waals surface area contributed by atoms with Crippen LogP contribution in [0, 0.1) is 0 Å². The van der Waals surface area contributed by atoms with Crippen LogP contribution in [0.15, 0.2) is 42.1 Å². The van der Waals surface area contributed by atoms with Crippen LogP contribution in [-0.2, 0) is 11.2 Å². The molecule has 0 aliphatic carbocycles. The van der Waals surface area contributed by atoms with Crippen LogP contribution >= 0.6 is 0 Å². The molecule has 0 saturated carbocycles. The van der Waals surface area contributed by atoms with E-state index in [0.717, 1.165) is 6.42 Å². The highest BCUT2D eigenvalue weighted by molar-refractivity contribution is 5.90. The largest absolute Gasteiger partial charge is 0.402 e. The van der Waals surface area contributed by atoms with Crippen LogP contribution in [-0.4, -0.2) is 5.78 Å². The van der Waals surface area contributed by atoms with Crippen LogP contribution < -0.4 is 5.73 Å². The third-order valence-corrected chi connectivity index (χ3v) is 1.89. The van der Waals surface area contributed by atoms with Gasteiger partial charge in [-0.2, -0.15) is 0 Å². The van der Waals surface area contributed by atoms with Gasteiger partial charge in [0.25, 0.3) is 0 Å². The lowest BCUT2D eigenvalue weighted by Crippen LogP contribution is -2.00. The van der Waals surface area contributed by atoms with Crippen LogP contribution in [0.4, 0.5) is 0 Å². The van der Waals surface area contributed by atoms with Gasteiger partial charge in [-0.25, -0.2) is 0 Å². The molecule has 0 unspecified atom stereocenters. The molecule has 0 atom stereocenters. The topological polar surface area (TPSA) is 43.1 Å². The van der Waals surface area contributed by atoms with E-state index in [2.05, 4.69) is 0 Å². The number of ketones is 1. The second kappa shape index (κ2) is 5.22. The molecule has 2 nitrogen and oxygen atoms in total. The van der Waals surface area contributed by atoms with Crippen molar-refractivity contribution in [2.24, 2.45) is 5.73 Å². The van der Waals surface area contributed by atoms with E-state index in [0.29, 0.717) is 12.1 Å². The molecular weight excluding hydrogens is 174 g/mol. The van der Waals surface area contributed by atoms with Gasteiger partial charge in [-0.05, 0) is 25.0 Å². The Morgan fingerprint density at radius 1 is 1.36 bits per heavy atom. The predicted octanol–water partition coefficient (Wildman–Crippen LogP) is 2.05. The van der Waals surface area contributed by atoms with E-state index >= 15 is 0 Å². The molecule has 0 bridgehead atoms. The molecular formula is C12H15NO. The summed E-state index contributed by atoms with van der Waals surface area (Å²) >= 11 is 0. The average molecular weight is 189 g/mol. The minimum atomic E-state index is 0.0915. The molecule has 0 saturated heterocycles. The third-order valence-electron chi connectivity index (χ3n) is 1.89. The third kappa shape index (κ3) is 3.90. The van der Waals surface area contributed by atoms with E-state index in [1.807, 2.05) is 30.3 Å². The number of rotatable bonds is 4. The summed E-state index contributed by atoms with van der Waals surface area (Å²) in [5.41, 5.74) is 7.16. The zero-order valence-electron chi connectivity index (χ0n) is 8.36. The molecule has 0 fully saturated rings. The highest BCUT2D eigenvalue weighted by Crippen LogP contribution is 2.03. The van der Waals surface area contributed by atoms with Crippen molar-refractivity contribution in [2.45, 2.75) is 19.8 Å². The van der Waals surface area contributed by atoms with Crippen molar-refractivity contribution in [1.29, 1.82) is 0 Å². The van der Waals surface area contributed by atoms with Crippen molar-refractivity contribution in [3.05, 3.63) is 47.7 Å². The Morgan fingerprint density at radius 2 is 2.00 bits per heavy atom. The number of nitrogens with two attached hydrogens (primary N) is 1. The number of hydrogen-bond acceptors (Lipinski definition) is 2. The fraction of sp³-hybridized carbons (Fsp3) is 0.250. The second-order valence-electron chi connectivity index (χ2n) is 3.34. The zero-order chi connectivity index (χ0) is 10.4. The first-order valence-corrected chi connectivity index (χ1v) is 4.69. The summed E-state index contributed by atoms with van der Waals surface area (Å²) in [5.74, 6) is 0.0915. The summed E-state index contributed by atoms with van der Waals surface area (Å²) in [6, 6.07) is 9.96. The molecule has 1 aromatic carbocycles. The van der Waals surface area contributed by atoms with Crippen molar-refractivity contribution in [1.82, 2.24) is 0 Å². The van der Waals surface area contributed by atoms with E-state index in [1.165, 1.54) is 11.6 Å². The summed E-state index contributed by atoms with van der Waals surface area (Å²) in [7, 11) is 0. The molecule has 1 rings (SSSR count). The van der Waals surface area contributed by atoms with Crippen molar-refractivity contribution >= 4 is 5.78 Å². The SMILES string of the molecule is C/C(N)=C/C(=O)CCc1ccccc1. The Balaban J connectivity index is 2.42. The van der Waals surface area contributed by atoms with E-state index in [9.17, 15) is 4.79 Å². The first-order valence-electron chi connectivity index (χ1n) is 4.69. The Labute approximate surface area is 84.4 Å². The summed E-state index contributed by atoms with van der Waals surface area (Å²) in [4.78, 5) is 11.3. The van der Waals surface area contributed by atoms with Gasteiger partial charge in [0.2, 0.25) is 0 Å². The first-order chi connectivity index (χ1) is 6.68. The minimum Gasteiger partial charge on any atom is -0.402 e. The standard InChI is InChI=1S/C12H15NO/c1-10(13)9-12(14)8-7-11-5-3-2-4-6-11/h2-6,9H,7-8,13H2,1H3/b10-9-. The van der Waals surface area contributed by atoms with Gasteiger partial charge >= 0.3 is 0 Å². The van der Waals surface area contributed by atoms with Crippen LogP contribution in [0.2, 0.25) is 0 Å². The molecule has 14 heavy (non-hydrogen) atoms. The van der Waals surface area contributed by atoms with Gasteiger partial charge in [-0.1, -0.05) is 30.3 Å². The number of hydrogen-bond donors (Lipinski definition) is 1. The van der Waals surface area contributed by atoms with Gasteiger partial charge in [0.15, 0.2) is 5.78 Å². The van der Waals surface area contributed by atoms with Crippen LogP contribution in [0.1, 0.15) is 18.9 Å². The maximum Gasteiger partial charge on any atom is 0.157 e. The Kier molecular flexibility index (Phi) is 3.92. The van der Waals surface area contributed by atoms with Crippen LogP contribution in [0.25, 0.3) is 0 Å². The monoisotopic (exact) mass is 189 g/mol. The lowest BCUT2D eigenvalue weighted by Gasteiger charge is -1.98. The lowest BCUT2D eigenvalue weighted by molar-refractivity contribution is -0.114. The van der Waals surface area contributed by atoms with Gasteiger partial charge in [0, 0.05) is 12.1 Å². The smallest absolute Gasteiger partial charge is 0.157 e. The number of carbonyl (C=O) groups is 1. The molecule has 2 heteroatoms. The first kappa shape index (κ1) is 10.5. The molecule has 0 spiro atoms. The van der Waals surface area contributed by atoms with Crippen molar-refractivity contribution < 1.29 is 4.79 Å². The van der Waals surface area contributed by atoms with E-state index in [4.69, 9.17) is 5.73 Å². The predicted molar refractivity (Wildman–Crippen MR) is 57.7 cm³/mol. The Bertz CT molecular complexity index is 323. The highest BCUT2D eigenvalue weighted by Gasteiger charge is 1.98. The molecule has 0 aliphatic rings. The van der Waals surface area contributed by atoms with Crippen molar-refractivity contribution in [3.63, 3.8) is 0 Å². The Morgan fingerprint density at radius 3 is 2.57 bits per heavy atom. The van der Waals surface area contributed by atoms with Crippen molar-refractivity contribution in [2.75, 3.05) is 0 Å². The summed E-state index contributed by atoms with van der Waals surface area (Å²) < 4.78 is 0. The van der Waals surface area contributed by atoms with E-state index in [1.54, 1.807) is 6.92 Å². The van der Waals surface area contributed by atoms with Gasteiger partial charge in [-0.3, -0.25) is 4.79 Å². The molecule has 0 radical (unpaired) electrons. The quantitative estimate of drug-likeness (QED) is 0.737. The van der Waals surface area contributed by atoms with Crippen molar-refractivity contribution in [3.8, 4) is 0 Å². The highest BCUT2D eigenvalue weighted by atomic mass is 16.1. The summed E-state index contributed by atoms with van der Waals surface area (Å²) in [6.45, 7) is 1.72. The molecule has 0 aromatic heterocycles. The maximum atomic E-state index is 11.3. The van der Waals surface area contributed by atoms with Gasteiger partial charge in [0.05, 0.1) is 0 Å². The fourth-order valence-corrected chi connectivity index (χ4v) is 1.24. The van der Waals surface area contributed by atoms with Gasteiger partial charge < -0.3 is 5.73 Å². The summed E-state index contributed by atoms with van der Waals surface area (Å²) in [6.07, 6.45) is 2.80. The normalized spacial score (nSPS) is 11.4. The molecule has 2 N–H and O–H groups in total. The molecule has 1 aromatic rings. The number of allylic oxidation sites excluding steroid dienone is 2. The second-order valence-corrected chi connectivity index (χ2v) is 3.34. The van der Waals surface area contributed by atoms with Gasteiger partial charge in [0.1, 0.15) is 0 Å². The fourth-order valence-electron chi connectivity index (χ4n) is 1.24. The number of carbonyl (C=O) groups excluding carboxylic acids is 1. The summed E-state index contributed by atoms with van der Waals surface area (Å²) in [5, 5.41) is 0. The molecule has 74 valence electrons. The molecule has 0 heterocycles. The number of benzene rings is 1. The van der Waals surface area contributed by atoms with Crippen LogP contribution in [0.3, 0.4) is 0 Å².